The summed E-state index contributed by atoms with van der Waals surface area (Å²) in [6.07, 6.45) is 0. The van der Waals surface area contributed by atoms with E-state index in [1.54, 1.807) is 0 Å². The van der Waals surface area contributed by atoms with Crippen molar-refractivity contribution < 1.29 is 4.79 Å². The van der Waals surface area contributed by atoms with Crippen molar-refractivity contribution >= 4 is 18.3 Å². The molecule has 1 aromatic rings. The molecule has 2 rings (SSSR count). The summed E-state index contributed by atoms with van der Waals surface area (Å²) < 4.78 is 0. The lowest BCUT2D eigenvalue weighted by atomic mass is 10.1. The molecule has 15 heavy (non-hydrogen) atoms. The van der Waals surface area contributed by atoms with Gasteiger partial charge in [-0.3, -0.25) is 4.79 Å². The number of benzene rings is 1. The van der Waals surface area contributed by atoms with Crippen LogP contribution in [0.5, 0.6) is 0 Å². The molecule has 0 aromatic heterocycles. The average Bonchev–Trinajstić information content (AvgIpc) is 2.64. The van der Waals surface area contributed by atoms with Gasteiger partial charge in [0, 0.05) is 25.2 Å². The molecule has 0 aliphatic carbocycles. The Kier molecular flexibility index (Phi) is 4.12. The minimum Gasteiger partial charge on any atom is -0.352 e. The minimum atomic E-state index is 0. The van der Waals surface area contributed by atoms with Gasteiger partial charge in [-0.2, -0.15) is 0 Å². The van der Waals surface area contributed by atoms with Gasteiger partial charge in [-0.15, -0.1) is 12.4 Å². The molecule has 4 heteroatoms. The number of fused-ring (bicyclic) bond motifs is 1. The Labute approximate surface area is 95.7 Å². The van der Waals surface area contributed by atoms with Crippen LogP contribution in [0.3, 0.4) is 0 Å². The highest BCUT2D eigenvalue weighted by atomic mass is 35.5. The first-order chi connectivity index (χ1) is 6.81. The molecule has 2 N–H and O–H groups in total. The Balaban J connectivity index is 0.00000112. The molecule has 0 fully saturated rings. The molecule has 1 aliphatic rings. The molecular formula is C11H15ClN2O. The maximum atomic E-state index is 11.5. The summed E-state index contributed by atoms with van der Waals surface area (Å²) in [5.74, 6) is 0.0159. The van der Waals surface area contributed by atoms with Crippen LogP contribution in [-0.4, -0.2) is 12.5 Å². The lowest BCUT2D eigenvalue weighted by Crippen LogP contribution is -2.22. The van der Waals surface area contributed by atoms with Crippen LogP contribution in [0.4, 0.5) is 0 Å². The molecule has 0 saturated heterocycles. The Hall–Kier alpha value is -1.06. The second-order valence-electron chi connectivity index (χ2n) is 3.45. The highest BCUT2D eigenvalue weighted by molar-refractivity contribution is 5.94. The minimum absolute atomic E-state index is 0. The summed E-state index contributed by atoms with van der Waals surface area (Å²) in [7, 11) is 0. The predicted octanol–water partition coefficient (Wildman–Crippen LogP) is 1.46. The Morgan fingerprint density at radius 2 is 2.13 bits per heavy atom. The maximum absolute atomic E-state index is 11.5. The molecular weight excluding hydrogens is 212 g/mol. The van der Waals surface area contributed by atoms with Crippen LogP contribution in [0.1, 0.15) is 28.4 Å². The monoisotopic (exact) mass is 226 g/mol. The van der Waals surface area contributed by atoms with Crippen molar-refractivity contribution in [2.45, 2.75) is 20.0 Å². The van der Waals surface area contributed by atoms with E-state index in [1.807, 2.05) is 25.1 Å². The Morgan fingerprint density at radius 3 is 2.87 bits per heavy atom. The van der Waals surface area contributed by atoms with E-state index in [0.717, 1.165) is 18.7 Å². The number of rotatable bonds is 2. The van der Waals surface area contributed by atoms with Crippen LogP contribution >= 0.6 is 12.4 Å². The standard InChI is InChI=1S/C11H14N2O.ClH/c1-2-13-11(14)8-3-4-9-6-12-7-10(9)5-8;/h3-5,12H,2,6-7H2,1H3,(H,13,14);1H. The zero-order valence-corrected chi connectivity index (χ0v) is 9.49. The second-order valence-corrected chi connectivity index (χ2v) is 3.45. The molecule has 1 aliphatic heterocycles. The van der Waals surface area contributed by atoms with Gasteiger partial charge in [-0.05, 0) is 30.2 Å². The van der Waals surface area contributed by atoms with Gasteiger partial charge >= 0.3 is 0 Å². The number of nitrogens with one attached hydrogen (secondary N) is 2. The van der Waals surface area contributed by atoms with Gasteiger partial charge < -0.3 is 10.6 Å². The smallest absolute Gasteiger partial charge is 0.251 e. The van der Waals surface area contributed by atoms with Crippen LogP contribution in [-0.2, 0) is 13.1 Å². The van der Waals surface area contributed by atoms with Crippen molar-refractivity contribution in [3.8, 4) is 0 Å². The van der Waals surface area contributed by atoms with Gasteiger partial charge in [-0.1, -0.05) is 6.07 Å². The van der Waals surface area contributed by atoms with Crippen LogP contribution in [0.2, 0.25) is 0 Å². The normalized spacial score (nSPS) is 12.9. The van der Waals surface area contributed by atoms with E-state index < -0.39 is 0 Å². The van der Waals surface area contributed by atoms with Crippen molar-refractivity contribution in [3.05, 3.63) is 34.9 Å². The fourth-order valence-electron chi connectivity index (χ4n) is 1.70. The molecule has 0 radical (unpaired) electrons. The van der Waals surface area contributed by atoms with Crippen molar-refractivity contribution in [2.75, 3.05) is 6.54 Å². The largest absolute Gasteiger partial charge is 0.352 e. The molecule has 1 aromatic carbocycles. The summed E-state index contributed by atoms with van der Waals surface area (Å²) in [4.78, 5) is 11.5. The molecule has 1 amide bonds. The maximum Gasteiger partial charge on any atom is 0.251 e. The SMILES string of the molecule is CCNC(=O)c1ccc2c(c1)CNC2.Cl. The fourth-order valence-corrected chi connectivity index (χ4v) is 1.70. The van der Waals surface area contributed by atoms with Gasteiger partial charge in [0.15, 0.2) is 0 Å². The van der Waals surface area contributed by atoms with E-state index in [4.69, 9.17) is 0 Å². The molecule has 0 bridgehead atoms. The lowest BCUT2D eigenvalue weighted by molar-refractivity contribution is 0.0956. The molecule has 0 saturated carbocycles. The first-order valence-electron chi connectivity index (χ1n) is 4.92. The van der Waals surface area contributed by atoms with E-state index >= 15 is 0 Å². The van der Waals surface area contributed by atoms with Crippen LogP contribution in [0.25, 0.3) is 0 Å². The highest BCUT2D eigenvalue weighted by Crippen LogP contribution is 2.16. The van der Waals surface area contributed by atoms with E-state index in [2.05, 4.69) is 10.6 Å². The summed E-state index contributed by atoms with van der Waals surface area (Å²) in [5, 5.41) is 6.05. The summed E-state index contributed by atoms with van der Waals surface area (Å²) in [6.45, 7) is 4.40. The molecule has 3 nitrogen and oxygen atoms in total. The topological polar surface area (TPSA) is 41.1 Å². The van der Waals surface area contributed by atoms with Gasteiger partial charge in [0.1, 0.15) is 0 Å². The van der Waals surface area contributed by atoms with Crippen molar-refractivity contribution in [1.29, 1.82) is 0 Å². The second kappa shape index (κ2) is 5.14. The predicted molar refractivity (Wildman–Crippen MR) is 62.2 cm³/mol. The molecule has 82 valence electrons. The van der Waals surface area contributed by atoms with Crippen LogP contribution < -0.4 is 10.6 Å². The molecule has 0 unspecified atom stereocenters. The van der Waals surface area contributed by atoms with Gasteiger partial charge in [0.05, 0.1) is 0 Å². The third-order valence-electron chi connectivity index (χ3n) is 2.44. The van der Waals surface area contributed by atoms with E-state index in [1.165, 1.54) is 11.1 Å². The third-order valence-corrected chi connectivity index (χ3v) is 2.44. The van der Waals surface area contributed by atoms with Crippen molar-refractivity contribution in [2.24, 2.45) is 0 Å². The van der Waals surface area contributed by atoms with Crippen LogP contribution in [0, 0.1) is 0 Å². The van der Waals surface area contributed by atoms with Crippen molar-refractivity contribution in [3.63, 3.8) is 0 Å². The molecule has 0 atom stereocenters. The first kappa shape index (κ1) is 12.0. The Morgan fingerprint density at radius 1 is 1.40 bits per heavy atom. The van der Waals surface area contributed by atoms with Crippen LogP contribution in [0.15, 0.2) is 18.2 Å². The summed E-state index contributed by atoms with van der Waals surface area (Å²) >= 11 is 0. The number of carbonyl (C=O) groups excluding carboxylic acids is 1. The lowest BCUT2D eigenvalue weighted by Gasteiger charge is -2.04. The fraction of sp³-hybridized carbons (Fsp3) is 0.364. The number of hydrogen-bond donors (Lipinski definition) is 2. The number of amides is 1. The first-order valence-corrected chi connectivity index (χ1v) is 4.92. The van der Waals surface area contributed by atoms with E-state index in [-0.39, 0.29) is 18.3 Å². The average molecular weight is 227 g/mol. The number of carbonyl (C=O) groups is 1. The summed E-state index contributed by atoms with van der Waals surface area (Å²) in [6, 6.07) is 5.89. The summed E-state index contributed by atoms with van der Waals surface area (Å²) in [5.41, 5.74) is 3.31. The quantitative estimate of drug-likeness (QED) is 0.802. The highest BCUT2D eigenvalue weighted by Gasteiger charge is 2.12. The third kappa shape index (κ3) is 2.49. The van der Waals surface area contributed by atoms with Crippen molar-refractivity contribution in [1.82, 2.24) is 10.6 Å². The number of halogens is 1. The van der Waals surface area contributed by atoms with E-state index in [9.17, 15) is 4.79 Å². The van der Waals surface area contributed by atoms with E-state index in [0.29, 0.717) is 6.54 Å². The van der Waals surface area contributed by atoms with Gasteiger partial charge in [-0.25, -0.2) is 0 Å². The molecule has 1 heterocycles. The molecule has 0 spiro atoms. The number of hydrogen-bond acceptors (Lipinski definition) is 2. The van der Waals surface area contributed by atoms with Gasteiger partial charge in [0.2, 0.25) is 0 Å². The zero-order chi connectivity index (χ0) is 9.97. The zero-order valence-electron chi connectivity index (χ0n) is 8.67. The van der Waals surface area contributed by atoms with Gasteiger partial charge in [0.25, 0.3) is 5.91 Å². The Bertz CT molecular complexity index is 366.